The lowest BCUT2D eigenvalue weighted by atomic mass is 9.87. The van der Waals surface area contributed by atoms with Crippen molar-refractivity contribution in [2.45, 2.75) is 31.7 Å². The summed E-state index contributed by atoms with van der Waals surface area (Å²) < 4.78 is 18.6. The molecule has 3 rings (SSSR count). The Morgan fingerprint density at radius 1 is 1.33 bits per heavy atom. The van der Waals surface area contributed by atoms with Crippen LogP contribution in [0, 0.1) is 5.82 Å². The molecule has 126 valence electrons. The molecule has 1 aliphatic rings. The molecular weight excluding hydrogens is 307 g/mol. The molecule has 0 saturated heterocycles. The molecule has 2 aromatic carbocycles. The van der Waals surface area contributed by atoms with Gasteiger partial charge < -0.3 is 15.8 Å². The van der Waals surface area contributed by atoms with Gasteiger partial charge in [-0.15, -0.1) is 0 Å². The molecule has 0 aliphatic heterocycles. The van der Waals surface area contributed by atoms with E-state index in [-0.39, 0.29) is 24.1 Å². The summed E-state index contributed by atoms with van der Waals surface area (Å²) in [6.45, 7) is 0. The highest BCUT2D eigenvalue weighted by Gasteiger charge is 2.22. The minimum absolute atomic E-state index is 0.00931. The lowest BCUT2D eigenvalue weighted by Gasteiger charge is -2.26. The molecule has 0 fully saturated rings. The maximum Gasteiger partial charge on any atom is 0.224 e. The summed E-state index contributed by atoms with van der Waals surface area (Å²) in [5.74, 6) is -0.395. The fourth-order valence-electron chi connectivity index (χ4n) is 3.23. The summed E-state index contributed by atoms with van der Waals surface area (Å²) in [5.41, 5.74) is 9.53. The quantitative estimate of drug-likeness (QED) is 0.848. The van der Waals surface area contributed by atoms with Crippen LogP contribution >= 0.6 is 0 Å². The van der Waals surface area contributed by atoms with Crippen molar-refractivity contribution in [3.05, 3.63) is 58.9 Å². The lowest BCUT2D eigenvalue weighted by molar-refractivity contribution is -0.121. The average Bonchev–Trinajstić information content (AvgIpc) is 2.55. The van der Waals surface area contributed by atoms with Gasteiger partial charge in [-0.3, -0.25) is 4.79 Å². The second-order valence-corrected chi connectivity index (χ2v) is 6.12. The van der Waals surface area contributed by atoms with Gasteiger partial charge in [0, 0.05) is 5.69 Å². The molecular formula is C19H21FN2O2. The zero-order valence-corrected chi connectivity index (χ0v) is 13.6. The zero-order valence-electron chi connectivity index (χ0n) is 13.6. The predicted octanol–water partition coefficient (Wildman–Crippen LogP) is 3.15. The molecule has 1 unspecified atom stereocenters. The second-order valence-electron chi connectivity index (χ2n) is 6.12. The fraction of sp³-hybridized carbons (Fsp3) is 0.316. The predicted molar refractivity (Wildman–Crippen MR) is 91.3 cm³/mol. The van der Waals surface area contributed by atoms with E-state index in [1.54, 1.807) is 6.07 Å². The Morgan fingerprint density at radius 3 is 2.92 bits per heavy atom. The van der Waals surface area contributed by atoms with E-state index in [4.69, 9.17) is 10.5 Å². The summed E-state index contributed by atoms with van der Waals surface area (Å²) in [4.78, 5) is 12.3. The van der Waals surface area contributed by atoms with Gasteiger partial charge in [0.2, 0.25) is 5.91 Å². The number of fused-ring (bicyclic) bond motifs is 1. The van der Waals surface area contributed by atoms with Gasteiger partial charge in [0.15, 0.2) is 11.6 Å². The first-order valence-corrected chi connectivity index (χ1v) is 8.07. The Hall–Kier alpha value is -2.56. The molecule has 3 N–H and O–H groups in total. The number of aryl methyl sites for hydroxylation is 1. The lowest BCUT2D eigenvalue weighted by Crippen LogP contribution is -2.32. The first-order valence-electron chi connectivity index (χ1n) is 8.07. The number of anilines is 1. The Balaban J connectivity index is 1.69. The number of hydrogen-bond donors (Lipinski definition) is 2. The molecule has 1 amide bonds. The summed E-state index contributed by atoms with van der Waals surface area (Å²) in [6, 6.07) is 10.4. The number of nitrogen functional groups attached to an aromatic ring is 1. The third-order valence-electron chi connectivity index (χ3n) is 4.40. The number of hydrogen-bond acceptors (Lipinski definition) is 3. The first kappa shape index (κ1) is 16.3. The molecule has 0 aromatic heterocycles. The highest BCUT2D eigenvalue weighted by atomic mass is 19.1. The normalized spacial score (nSPS) is 16.3. The number of carbonyl (C=O) groups is 1. The molecule has 0 radical (unpaired) electrons. The van der Waals surface area contributed by atoms with E-state index < -0.39 is 5.82 Å². The Morgan fingerprint density at radius 2 is 2.17 bits per heavy atom. The third-order valence-corrected chi connectivity index (χ3v) is 4.40. The average molecular weight is 328 g/mol. The smallest absolute Gasteiger partial charge is 0.224 e. The topological polar surface area (TPSA) is 64.3 Å². The van der Waals surface area contributed by atoms with E-state index in [0.29, 0.717) is 5.56 Å². The van der Waals surface area contributed by atoms with Crippen molar-refractivity contribution in [1.82, 2.24) is 5.32 Å². The number of amides is 1. The second kappa shape index (κ2) is 6.91. The molecule has 0 bridgehead atoms. The fourth-order valence-corrected chi connectivity index (χ4v) is 3.23. The molecule has 4 nitrogen and oxygen atoms in total. The van der Waals surface area contributed by atoms with Gasteiger partial charge in [-0.05, 0) is 60.2 Å². The van der Waals surface area contributed by atoms with Crippen molar-refractivity contribution in [3.8, 4) is 5.75 Å². The summed E-state index contributed by atoms with van der Waals surface area (Å²) in [6.07, 6.45) is 3.04. The Bertz CT molecular complexity index is 761. The van der Waals surface area contributed by atoms with Crippen LogP contribution in [0.15, 0.2) is 36.4 Å². The van der Waals surface area contributed by atoms with Crippen LogP contribution in [0.25, 0.3) is 0 Å². The number of carbonyl (C=O) groups excluding carboxylic acids is 1. The van der Waals surface area contributed by atoms with Gasteiger partial charge in [-0.2, -0.15) is 0 Å². The highest BCUT2D eigenvalue weighted by molar-refractivity contribution is 5.79. The largest absolute Gasteiger partial charge is 0.494 e. The van der Waals surface area contributed by atoms with Crippen LogP contribution < -0.4 is 15.8 Å². The summed E-state index contributed by atoms with van der Waals surface area (Å²) in [5, 5.41) is 3.06. The van der Waals surface area contributed by atoms with Crippen LogP contribution in [0.1, 0.15) is 35.6 Å². The van der Waals surface area contributed by atoms with Gasteiger partial charge >= 0.3 is 0 Å². The van der Waals surface area contributed by atoms with E-state index in [1.165, 1.54) is 24.8 Å². The van der Waals surface area contributed by atoms with E-state index >= 15 is 0 Å². The van der Waals surface area contributed by atoms with Gasteiger partial charge in [0.25, 0.3) is 0 Å². The van der Waals surface area contributed by atoms with Crippen LogP contribution in [-0.4, -0.2) is 13.0 Å². The molecule has 1 atom stereocenters. The minimum atomic E-state index is -0.457. The molecule has 2 aromatic rings. The van der Waals surface area contributed by atoms with E-state index in [0.717, 1.165) is 30.5 Å². The van der Waals surface area contributed by atoms with E-state index in [9.17, 15) is 9.18 Å². The number of nitrogens with one attached hydrogen (secondary N) is 1. The Kier molecular flexibility index (Phi) is 4.69. The third kappa shape index (κ3) is 3.50. The molecule has 0 spiro atoms. The highest BCUT2D eigenvalue weighted by Crippen LogP contribution is 2.31. The van der Waals surface area contributed by atoms with Crippen LogP contribution in [0.5, 0.6) is 5.75 Å². The van der Waals surface area contributed by atoms with Gasteiger partial charge in [-0.25, -0.2) is 4.39 Å². The number of methoxy groups -OCH3 is 1. The van der Waals surface area contributed by atoms with Crippen molar-refractivity contribution < 1.29 is 13.9 Å². The van der Waals surface area contributed by atoms with Crippen LogP contribution in [0.2, 0.25) is 0 Å². The molecule has 0 heterocycles. The van der Waals surface area contributed by atoms with E-state index in [2.05, 4.69) is 5.32 Å². The minimum Gasteiger partial charge on any atom is -0.494 e. The van der Waals surface area contributed by atoms with Crippen LogP contribution in [0.3, 0.4) is 0 Å². The van der Waals surface area contributed by atoms with Crippen molar-refractivity contribution in [3.63, 3.8) is 0 Å². The van der Waals surface area contributed by atoms with Gasteiger partial charge in [0.1, 0.15) is 0 Å². The van der Waals surface area contributed by atoms with E-state index in [1.807, 2.05) is 18.2 Å². The number of benzene rings is 2. The molecule has 5 heteroatoms. The summed E-state index contributed by atoms with van der Waals surface area (Å²) >= 11 is 0. The maximum atomic E-state index is 13.7. The molecule has 24 heavy (non-hydrogen) atoms. The number of nitrogens with two attached hydrogens (primary N) is 1. The van der Waals surface area contributed by atoms with Crippen molar-refractivity contribution >= 4 is 11.6 Å². The van der Waals surface area contributed by atoms with Gasteiger partial charge in [0.05, 0.1) is 19.6 Å². The monoisotopic (exact) mass is 328 g/mol. The first-order chi connectivity index (χ1) is 11.6. The van der Waals surface area contributed by atoms with Crippen molar-refractivity contribution in [2.75, 3.05) is 12.8 Å². The molecule has 0 saturated carbocycles. The maximum absolute atomic E-state index is 13.7. The number of rotatable bonds is 4. The van der Waals surface area contributed by atoms with Crippen LogP contribution in [0.4, 0.5) is 10.1 Å². The van der Waals surface area contributed by atoms with Crippen molar-refractivity contribution in [2.24, 2.45) is 0 Å². The van der Waals surface area contributed by atoms with Gasteiger partial charge in [-0.1, -0.05) is 12.1 Å². The number of halogens is 1. The molecule has 1 aliphatic carbocycles. The Labute approximate surface area is 140 Å². The SMILES string of the molecule is COc1ccc(CC(=O)NC2CCCc3cc(N)ccc32)cc1F. The standard InChI is InChI=1S/C19H21FN2O2/c1-24-18-8-5-12(9-16(18)20)10-19(23)22-17-4-2-3-13-11-14(21)6-7-15(13)17/h5-9,11,17H,2-4,10,21H2,1H3,(H,22,23). The van der Waals surface area contributed by atoms with Crippen molar-refractivity contribution in [1.29, 1.82) is 0 Å². The zero-order chi connectivity index (χ0) is 17.1. The number of ether oxygens (including phenoxy) is 1. The van der Waals surface area contributed by atoms with Crippen LogP contribution in [-0.2, 0) is 17.6 Å². The summed E-state index contributed by atoms with van der Waals surface area (Å²) in [7, 11) is 1.41.